The minimum absolute atomic E-state index is 0.285. The fourth-order valence-electron chi connectivity index (χ4n) is 2.54. The van der Waals surface area contributed by atoms with Crippen molar-refractivity contribution in [2.75, 3.05) is 14.2 Å². The van der Waals surface area contributed by atoms with Gasteiger partial charge in [-0.2, -0.15) is 0 Å². The summed E-state index contributed by atoms with van der Waals surface area (Å²) in [5.41, 5.74) is 1.40. The normalized spacial score (nSPS) is 14.5. The Morgan fingerprint density at radius 3 is 2.58 bits per heavy atom. The lowest BCUT2D eigenvalue weighted by atomic mass is 9.96. The maximum absolute atomic E-state index is 5.37. The Morgan fingerprint density at radius 1 is 1.11 bits per heavy atom. The average Bonchev–Trinajstić information content (AvgIpc) is 2.46. The highest BCUT2D eigenvalue weighted by molar-refractivity contribution is 5.85. The lowest BCUT2D eigenvalue weighted by Crippen LogP contribution is -2.31. The van der Waals surface area contributed by atoms with Gasteiger partial charge < -0.3 is 10.1 Å². The molecule has 0 radical (unpaired) electrons. The number of benzene rings is 2. The smallest absolute Gasteiger partial charge is 0.0558 e. The zero-order valence-corrected chi connectivity index (χ0v) is 12.0. The summed E-state index contributed by atoms with van der Waals surface area (Å²) in [6, 6.07) is 15.6. The molecule has 2 atom stereocenters. The molecule has 1 N–H and O–H groups in total. The number of hydrogen-bond acceptors (Lipinski definition) is 2. The second-order valence-corrected chi connectivity index (χ2v) is 5.11. The van der Waals surface area contributed by atoms with Crippen LogP contribution in [0.25, 0.3) is 10.8 Å². The highest BCUT2D eigenvalue weighted by Crippen LogP contribution is 2.20. The van der Waals surface area contributed by atoms with Crippen LogP contribution in [-0.2, 0) is 11.2 Å². The molecule has 2 rings (SSSR count). The van der Waals surface area contributed by atoms with Crippen molar-refractivity contribution in [3.05, 3.63) is 48.0 Å². The molecular formula is C17H23NO. The second-order valence-electron chi connectivity index (χ2n) is 5.11. The van der Waals surface area contributed by atoms with Crippen molar-refractivity contribution in [2.45, 2.75) is 31.9 Å². The molecule has 0 bridgehead atoms. The Bertz CT molecular complexity index is 518. The summed E-state index contributed by atoms with van der Waals surface area (Å²) in [5, 5.41) is 6.07. The van der Waals surface area contributed by atoms with E-state index in [4.69, 9.17) is 4.74 Å². The molecule has 2 aromatic rings. The quantitative estimate of drug-likeness (QED) is 0.856. The van der Waals surface area contributed by atoms with Crippen LogP contribution in [0.4, 0.5) is 0 Å². The van der Waals surface area contributed by atoms with Crippen molar-refractivity contribution >= 4 is 10.8 Å². The first-order valence-electron chi connectivity index (χ1n) is 6.91. The van der Waals surface area contributed by atoms with Gasteiger partial charge in [-0.05, 0) is 43.1 Å². The van der Waals surface area contributed by atoms with Crippen LogP contribution in [-0.4, -0.2) is 26.3 Å². The van der Waals surface area contributed by atoms with Gasteiger partial charge in [-0.15, -0.1) is 0 Å². The molecule has 102 valence electrons. The molecule has 0 aliphatic rings. The molecule has 0 aliphatic carbocycles. The lowest BCUT2D eigenvalue weighted by molar-refractivity contribution is 0.101. The third-order valence-electron chi connectivity index (χ3n) is 3.77. The maximum atomic E-state index is 5.37. The van der Waals surface area contributed by atoms with E-state index in [9.17, 15) is 0 Å². The zero-order chi connectivity index (χ0) is 13.7. The van der Waals surface area contributed by atoms with Gasteiger partial charge >= 0.3 is 0 Å². The summed E-state index contributed by atoms with van der Waals surface area (Å²) in [5.74, 6) is 0. The minimum Gasteiger partial charge on any atom is -0.382 e. The van der Waals surface area contributed by atoms with Gasteiger partial charge in [0.15, 0.2) is 0 Å². The molecule has 0 heterocycles. The molecule has 0 aromatic heterocycles. The second kappa shape index (κ2) is 6.69. The maximum Gasteiger partial charge on any atom is 0.0558 e. The van der Waals surface area contributed by atoms with Gasteiger partial charge in [-0.1, -0.05) is 42.5 Å². The predicted molar refractivity (Wildman–Crippen MR) is 81.6 cm³/mol. The summed E-state index contributed by atoms with van der Waals surface area (Å²) in [4.78, 5) is 0. The van der Waals surface area contributed by atoms with E-state index in [1.807, 2.05) is 7.05 Å². The Hall–Kier alpha value is -1.38. The van der Waals surface area contributed by atoms with Crippen LogP contribution in [0, 0.1) is 0 Å². The molecule has 0 spiro atoms. The highest BCUT2D eigenvalue weighted by Gasteiger charge is 2.13. The SMILES string of the molecule is CNC(Cc1cccc2ccccc12)CC(C)OC. The van der Waals surface area contributed by atoms with Crippen LogP contribution in [0.15, 0.2) is 42.5 Å². The number of methoxy groups -OCH3 is 1. The Morgan fingerprint density at radius 2 is 1.84 bits per heavy atom. The zero-order valence-electron chi connectivity index (χ0n) is 12.0. The highest BCUT2D eigenvalue weighted by atomic mass is 16.5. The van der Waals surface area contributed by atoms with E-state index < -0.39 is 0 Å². The van der Waals surface area contributed by atoms with Gasteiger partial charge in [0.25, 0.3) is 0 Å². The number of ether oxygens (including phenoxy) is 1. The monoisotopic (exact) mass is 257 g/mol. The molecule has 2 aromatic carbocycles. The van der Waals surface area contributed by atoms with Crippen molar-refractivity contribution in [1.29, 1.82) is 0 Å². The van der Waals surface area contributed by atoms with Crippen LogP contribution in [0.2, 0.25) is 0 Å². The van der Waals surface area contributed by atoms with Crippen molar-refractivity contribution < 1.29 is 4.74 Å². The molecule has 19 heavy (non-hydrogen) atoms. The Labute approximate surface area is 115 Å². The first kappa shape index (κ1) is 14.0. The van der Waals surface area contributed by atoms with Crippen molar-refractivity contribution in [3.63, 3.8) is 0 Å². The van der Waals surface area contributed by atoms with Gasteiger partial charge in [0.05, 0.1) is 6.10 Å². The third kappa shape index (κ3) is 3.55. The van der Waals surface area contributed by atoms with Gasteiger partial charge in [-0.3, -0.25) is 0 Å². The topological polar surface area (TPSA) is 21.3 Å². The summed E-state index contributed by atoms with van der Waals surface area (Å²) < 4.78 is 5.37. The molecular weight excluding hydrogens is 234 g/mol. The minimum atomic E-state index is 0.285. The van der Waals surface area contributed by atoms with Crippen LogP contribution >= 0.6 is 0 Å². The largest absolute Gasteiger partial charge is 0.382 e. The standard InChI is InChI=1S/C17H23NO/c1-13(19-3)11-16(18-2)12-15-9-6-8-14-7-4-5-10-17(14)15/h4-10,13,16,18H,11-12H2,1-3H3. The number of fused-ring (bicyclic) bond motifs is 1. The van der Waals surface area contributed by atoms with Gasteiger partial charge in [0.2, 0.25) is 0 Å². The lowest BCUT2D eigenvalue weighted by Gasteiger charge is -2.20. The molecule has 2 unspecified atom stereocenters. The van der Waals surface area contributed by atoms with E-state index in [0.717, 1.165) is 12.8 Å². The molecule has 0 saturated carbocycles. The van der Waals surface area contributed by atoms with Crippen LogP contribution < -0.4 is 5.32 Å². The van der Waals surface area contributed by atoms with Crippen LogP contribution in [0.3, 0.4) is 0 Å². The first-order valence-corrected chi connectivity index (χ1v) is 6.91. The van der Waals surface area contributed by atoms with E-state index in [0.29, 0.717) is 6.04 Å². The number of rotatable bonds is 6. The van der Waals surface area contributed by atoms with E-state index in [-0.39, 0.29) is 6.10 Å². The van der Waals surface area contributed by atoms with E-state index in [1.54, 1.807) is 7.11 Å². The summed E-state index contributed by atoms with van der Waals surface area (Å²) in [7, 11) is 3.80. The molecule has 0 aliphatic heterocycles. The molecule has 2 heteroatoms. The summed E-state index contributed by atoms with van der Waals surface area (Å²) in [6.07, 6.45) is 2.34. The predicted octanol–water partition coefficient (Wildman–Crippen LogP) is 3.40. The Balaban J connectivity index is 2.19. The molecule has 2 nitrogen and oxygen atoms in total. The van der Waals surface area contributed by atoms with E-state index in [1.165, 1.54) is 16.3 Å². The van der Waals surface area contributed by atoms with Gasteiger partial charge in [0, 0.05) is 13.2 Å². The fraction of sp³-hybridized carbons (Fsp3) is 0.412. The van der Waals surface area contributed by atoms with Crippen LogP contribution in [0.5, 0.6) is 0 Å². The molecule has 0 amide bonds. The van der Waals surface area contributed by atoms with Gasteiger partial charge in [-0.25, -0.2) is 0 Å². The fourth-order valence-corrected chi connectivity index (χ4v) is 2.54. The number of hydrogen-bond donors (Lipinski definition) is 1. The van der Waals surface area contributed by atoms with E-state index in [2.05, 4.69) is 54.7 Å². The third-order valence-corrected chi connectivity index (χ3v) is 3.77. The molecule has 0 saturated heterocycles. The Kier molecular flexibility index (Phi) is 4.94. The van der Waals surface area contributed by atoms with Crippen molar-refractivity contribution in [3.8, 4) is 0 Å². The van der Waals surface area contributed by atoms with Crippen molar-refractivity contribution in [2.24, 2.45) is 0 Å². The number of nitrogens with one attached hydrogen (secondary N) is 1. The first-order chi connectivity index (χ1) is 9.24. The van der Waals surface area contributed by atoms with Crippen molar-refractivity contribution in [1.82, 2.24) is 5.32 Å². The molecule has 0 fully saturated rings. The van der Waals surface area contributed by atoms with Gasteiger partial charge in [0.1, 0.15) is 0 Å². The number of likely N-dealkylation sites (N-methyl/N-ethyl adjacent to an activating group) is 1. The summed E-state index contributed by atoms with van der Waals surface area (Å²) in [6.45, 7) is 2.12. The van der Waals surface area contributed by atoms with Crippen LogP contribution in [0.1, 0.15) is 18.9 Å². The van der Waals surface area contributed by atoms with E-state index >= 15 is 0 Å². The average molecular weight is 257 g/mol. The summed E-state index contributed by atoms with van der Waals surface area (Å²) >= 11 is 0.